The van der Waals surface area contributed by atoms with Gasteiger partial charge in [0.15, 0.2) is 0 Å². The number of benzene rings is 1. The van der Waals surface area contributed by atoms with E-state index in [4.69, 9.17) is 0 Å². The van der Waals surface area contributed by atoms with Crippen molar-refractivity contribution in [3.8, 4) is 0 Å². The number of aliphatic hydroxyl groups excluding tert-OH is 1. The molecule has 94 valence electrons. The number of carbonyl (C=O) groups is 1. The van der Waals surface area contributed by atoms with Gasteiger partial charge in [-0.3, -0.25) is 4.79 Å². The van der Waals surface area contributed by atoms with Crippen LogP contribution in [0.5, 0.6) is 0 Å². The van der Waals surface area contributed by atoms with Gasteiger partial charge >= 0.3 is 0 Å². The number of likely N-dealkylation sites (N-methyl/N-ethyl adjacent to an activating group) is 1. The summed E-state index contributed by atoms with van der Waals surface area (Å²) in [6.07, 6.45) is -0.673. The molecular formula is C13H20N2O2. The Balaban J connectivity index is 2.49. The standard InChI is InChI=1S/C13H20N2O2/c1-13(2,14-3)12(17)15-9-11(16)10-7-5-4-6-8-10/h4-8,11,14,16H,9H2,1-3H3,(H,15,17). The first-order chi connectivity index (χ1) is 7.97. The van der Waals surface area contributed by atoms with E-state index in [1.54, 1.807) is 20.9 Å². The minimum absolute atomic E-state index is 0.130. The molecule has 0 aliphatic rings. The van der Waals surface area contributed by atoms with E-state index in [1.807, 2.05) is 30.3 Å². The third-order valence-electron chi connectivity index (χ3n) is 2.83. The number of carbonyl (C=O) groups excluding carboxylic acids is 1. The van der Waals surface area contributed by atoms with Gasteiger partial charge in [0.25, 0.3) is 0 Å². The van der Waals surface area contributed by atoms with Gasteiger partial charge in [-0.2, -0.15) is 0 Å². The fourth-order valence-electron chi connectivity index (χ4n) is 1.32. The molecule has 1 atom stereocenters. The Morgan fingerprint density at radius 1 is 1.35 bits per heavy atom. The number of hydrogen-bond donors (Lipinski definition) is 3. The average Bonchev–Trinajstić information content (AvgIpc) is 2.36. The zero-order chi connectivity index (χ0) is 12.9. The minimum Gasteiger partial charge on any atom is -0.387 e. The highest BCUT2D eigenvalue weighted by Crippen LogP contribution is 2.11. The Bertz CT molecular complexity index is 363. The molecule has 4 heteroatoms. The number of nitrogens with one attached hydrogen (secondary N) is 2. The maximum atomic E-state index is 11.7. The summed E-state index contributed by atoms with van der Waals surface area (Å²) in [7, 11) is 1.73. The lowest BCUT2D eigenvalue weighted by Gasteiger charge is -2.23. The minimum atomic E-state index is -0.673. The van der Waals surface area contributed by atoms with E-state index >= 15 is 0 Å². The van der Waals surface area contributed by atoms with E-state index in [1.165, 1.54) is 0 Å². The molecule has 0 fully saturated rings. The quantitative estimate of drug-likeness (QED) is 0.710. The molecule has 0 saturated heterocycles. The third-order valence-corrected chi connectivity index (χ3v) is 2.83. The molecule has 4 nitrogen and oxygen atoms in total. The summed E-state index contributed by atoms with van der Waals surface area (Å²) in [5.41, 5.74) is 0.172. The first kappa shape index (κ1) is 13.7. The molecule has 0 bridgehead atoms. The highest BCUT2D eigenvalue weighted by atomic mass is 16.3. The van der Waals surface area contributed by atoms with Crippen LogP contribution in [0.2, 0.25) is 0 Å². The van der Waals surface area contributed by atoms with Crippen LogP contribution in [0.3, 0.4) is 0 Å². The molecule has 0 heterocycles. The summed E-state index contributed by atoms with van der Waals surface area (Å²) < 4.78 is 0. The number of aliphatic hydroxyl groups is 1. The molecule has 0 spiro atoms. The van der Waals surface area contributed by atoms with Gasteiger partial charge in [-0.1, -0.05) is 30.3 Å². The molecule has 1 amide bonds. The van der Waals surface area contributed by atoms with Crippen molar-refractivity contribution >= 4 is 5.91 Å². The van der Waals surface area contributed by atoms with Crippen molar-refractivity contribution in [2.24, 2.45) is 0 Å². The van der Waals surface area contributed by atoms with Crippen LogP contribution in [-0.2, 0) is 4.79 Å². The largest absolute Gasteiger partial charge is 0.387 e. The maximum Gasteiger partial charge on any atom is 0.239 e. The Hall–Kier alpha value is -1.39. The third kappa shape index (κ3) is 3.84. The molecule has 1 unspecified atom stereocenters. The van der Waals surface area contributed by atoms with Crippen LogP contribution in [0.1, 0.15) is 25.5 Å². The lowest BCUT2D eigenvalue weighted by Crippen LogP contribution is -2.51. The fraction of sp³-hybridized carbons (Fsp3) is 0.462. The van der Waals surface area contributed by atoms with E-state index in [9.17, 15) is 9.90 Å². The van der Waals surface area contributed by atoms with E-state index in [0.29, 0.717) is 0 Å². The van der Waals surface area contributed by atoms with E-state index < -0.39 is 11.6 Å². The zero-order valence-corrected chi connectivity index (χ0v) is 10.5. The molecule has 1 aromatic carbocycles. The number of hydrogen-bond acceptors (Lipinski definition) is 3. The predicted octanol–water partition coefficient (Wildman–Crippen LogP) is 0.834. The monoisotopic (exact) mass is 236 g/mol. The molecular weight excluding hydrogens is 216 g/mol. The van der Waals surface area contributed by atoms with Crippen LogP contribution in [0.15, 0.2) is 30.3 Å². The van der Waals surface area contributed by atoms with E-state index in [-0.39, 0.29) is 12.5 Å². The number of rotatable bonds is 5. The van der Waals surface area contributed by atoms with Crippen molar-refractivity contribution < 1.29 is 9.90 Å². The summed E-state index contributed by atoms with van der Waals surface area (Å²) in [6, 6.07) is 9.27. The summed E-state index contributed by atoms with van der Waals surface area (Å²) in [5, 5.41) is 15.5. The highest BCUT2D eigenvalue weighted by Gasteiger charge is 2.25. The molecule has 0 aromatic heterocycles. The highest BCUT2D eigenvalue weighted by molar-refractivity contribution is 5.85. The topological polar surface area (TPSA) is 61.4 Å². The van der Waals surface area contributed by atoms with Crippen molar-refractivity contribution in [1.29, 1.82) is 0 Å². The molecule has 0 saturated carbocycles. The second-order valence-corrected chi connectivity index (χ2v) is 4.51. The SMILES string of the molecule is CNC(C)(C)C(=O)NCC(O)c1ccccc1. The first-order valence-electron chi connectivity index (χ1n) is 5.67. The second kappa shape index (κ2) is 5.80. The molecule has 1 rings (SSSR count). The maximum absolute atomic E-state index is 11.7. The lowest BCUT2D eigenvalue weighted by molar-refractivity contribution is -0.126. The van der Waals surface area contributed by atoms with Gasteiger partial charge in [-0.15, -0.1) is 0 Å². The van der Waals surface area contributed by atoms with Crippen molar-refractivity contribution in [1.82, 2.24) is 10.6 Å². The van der Waals surface area contributed by atoms with Crippen LogP contribution >= 0.6 is 0 Å². The Kier molecular flexibility index (Phi) is 4.66. The van der Waals surface area contributed by atoms with Crippen molar-refractivity contribution in [2.75, 3.05) is 13.6 Å². The average molecular weight is 236 g/mol. The van der Waals surface area contributed by atoms with Gasteiger partial charge in [0.2, 0.25) is 5.91 Å². The first-order valence-corrected chi connectivity index (χ1v) is 5.67. The Morgan fingerprint density at radius 3 is 2.47 bits per heavy atom. The summed E-state index contributed by atoms with van der Waals surface area (Å²) >= 11 is 0. The molecule has 0 aliphatic heterocycles. The van der Waals surface area contributed by atoms with E-state index in [0.717, 1.165) is 5.56 Å². The van der Waals surface area contributed by atoms with Crippen LogP contribution < -0.4 is 10.6 Å². The van der Waals surface area contributed by atoms with Gasteiger partial charge in [0.1, 0.15) is 0 Å². The van der Waals surface area contributed by atoms with Crippen molar-refractivity contribution in [3.63, 3.8) is 0 Å². The summed E-state index contributed by atoms with van der Waals surface area (Å²) in [4.78, 5) is 11.7. The van der Waals surface area contributed by atoms with Gasteiger partial charge in [-0.05, 0) is 26.5 Å². The molecule has 0 radical (unpaired) electrons. The Morgan fingerprint density at radius 2 is 1.94 bits per heavy atom. The smallest absolute Gasteiger partial charge is 0.239 e. The van der Waals surface area contributed by atoms with Crippen LogP contribution in [0, 0.1) is 0 Å². The normalized spacial score (nSPS) is 13.2. The fourth-order valence-corrected chi connectivity index (χ4v) is 1.32. The summed E-state index contributed by atoms with van der Waals surface area (Å²) in [5.74, 6) is -0.130. The van der Waals surface area contributed by atoms with Crippen LogP contribution in [0.25, 0.3) is 0 Å². The molecule has 17 heavy (non-hydrogen) atoms. The second-order valence-electron chi connectivity index (χ2n) is 4.51. The molecule has 0 aliphatic carbocycles. The molecule has 1 aromatic rings. The Labute approximate surface area is 102 Å². The molecule has 3 N–H and O–H groups in total. The van der Waals surface area contributed by atoms with Gasteiger partial charge < -0.3 is 15.7 Å². The van der Waals surface area contributed by atoms with Crippen LogP contribution in [0.4, 0.5) is 0 Å². The van der Waals surface area contributed by atoms with Crippen molar-refractivity contribution in [3.05, 3.63) is 35.9 Å². The predicted molar refractivity (Wildman–Crippen MR) is 67.6 cm³/mol. The number of amides is 1. The van der Waals surface area contributed by atoms with Gasteiger partial charge in [0.05, 0.1) is 11.6 Å². The lowest BCUT2D eigenvalue weighted by atomic mass is 10.0. The summed E-state index contributed by atoms with van der Waals surface area (Å²) in [6.45, 7) is 3.79. The van der Waals surface area contributed by atoms with Gasteiger partial charge in [0, 0.05) is 6.54 Å². The van der Waals surface area contributed by atoms with Crippen molar-refractivity contribution in [2.45, 2.75) is 25.5 Å². The zero-order valence-electron chi connectivity index (χ0n) is 10.5. The van der Waals surface area contributed by atoms with Gasteiger partial charge in [-0.25, -0.2) is 0 Å². The van der Waals surface area contributed by atoms with Crippen LogP contribution in [-0.4, -0.2) is 30.1 Å². The van der Waals surface area contributed by atoms with E-state index in [2.05, 4.69) is 10.6 Å².